The summed E-state index contributed by atoms with van der Waals surface area (Å²) in [5.41, 5.74) is 1.88. The largest absolute Gasteiger partial charge is 0.481 e. The van der Waals surface area contributed by atoms with E-state index in [2.05, 4.69) is 12.1 Å². The zero-order valence-electron chi connectivity index (χ0n) is 9.40. The molecule has 0 aliphatic heterocycles. The summed E-state index contributed by atoms with van der Waals surface area (Å²) in [6.07, 6.45) is 4.17. The number of hydrogen-bond donors (Lipinski definition) is 1. The van der Waals surface area contributed by atoms with Gasteiger partial charge in [0.25, 0.3) is 0 Å². The molecule has 0 amide bonds. The van der Waals surface area contributed by atoms with Crippen LogP contribution in [0.3, 0.4) is 0 Å². The van der Waals surface area contributed by atoms with Crippen LogP contribution in [0, 0.1) is 5.41 Å². The average molecular weight is 236 g/mol. The number of hydrogen-bond acceptors (Lipinski definition) is 2. The number of fused-ring (bicyclic) bond motifs is 1. The van der Waals surface area contributed by atoms with Crippen molar-refractivity contribution in [2.24, 2.45) is 5.41 Å². The van der Waals surface area contributed by atoms with E-state index >= 15 is 0 Å². The molecule has 2 nitrogen and oxygen atoms in total. The Morgan fingerprint density at radius 1 is 1.38 bits per heavy atom. The lowest BCUT2D eigenvalue weighted by molar-refractivity contribution is -0.148. The monoisotopic (exact) mass is 236 g/mol. The van der Waals surface area contributed by atoms with Crippen LogP contribution in [0.4, 0.5) is 0 Å². The highest BCUT2D eigenvalue weighted by atomic mass is 32.2. The van der Waals surface area contributed by atoms with Crippen molar-refractivity contribution >= 4 is 17.7 Å². The SMILES string of the molecule is CSCCC1(C(=O)O)Cc2ccccc2C1. The van der Waals surface area contributed by atoms with Crippen LogP contribution in [0.25, 0.3) is 0 Å². The van der Waals surface area contributed by atoms with Gasteiger partial charge in [0.2, 0.25) is 0 Å². The highest BCUT2D eigenvalue weighted by molar-refractivity contribution is 7.98. The maximum Gasteiger partial charge on any atom is 0.310 e. The van der Waals surface area contributed by atoms with E-state index < -0.39 is 11.4 Å². The van der Waals surface area contributed by atoms with Crippen molar-refractivity contribution in [2.45, 2.75) is 19.3 Å². The van der Waals surface area contributed by atoms with E-state index in [1.165, 1.54) is 11.1 Å². The maximum absolute atomic E-state index is 11.5. The van der Waals surface area contributed by atoms with Crippen LogP contribution < -0.4 is 0 Å². The third-order valence-electron chi connectivity index (χ3n) is 3.41. The van der Waals surface area contributed by atoms with Crippen molar-refractivity contribution in [2.75, 3.05) is 12.0 Å². The zero-order chi connectivity index (χ0) is 11.6. The third kappa shape index (κ3) is 1.96. The van der Waals surface area contributed by atoms with Gasteiger partial charge in [-0.3, -0.25) is 4.79 Å². The summed E-state index contributed by atoms with van der Waals surface area (Å²) in [4.78, 5) is 11.5. The van der Waals surface area contributed by atoms with Gasteiger partial charge in [0.05, 0.1) is 5.41 Å². The predicted molar refractivity (Wildman–Crippen MR) is 66.9 cm³/mol. The van der Waals surface area contributed by atoms with Crippen molar-refractivity contribution in [3.63, 3.8) is 0 Å². The summed E-state index contributed by atoms with van der Waals surface area (Å²) >= 11 is 1.72. The minimum absolute atomic E-state index is 0.549. The van der Waals surface area contributed by atoms with Gasteiger partial charge in [0.1, 0.15) is 0 Å². The molecule has 1 N–H and O–H groups in total. The summed E-state index contributed by atoms with van der Waals surface area (Å²) < 4.78 is 0. The van der Waals surface area contributed by atoms with Gasteiger partial charge in [-0.1, -0.05) is 24.3 Å². The summed E-state index contributed by atoms with van der Waals surface area (Å²) in [6.45, 7) is 0. The van der Waals surface area contributed by atoms with E-state index in [9.17, 15) is 9.90 Å². The lowest BCUT2D eigenvalue weighted by atomic mass is 9.82. The van der Waals surface area contributed by atoms with Gasteiger partial charge in [-0.15, -0.1) is 0 Å². The highest BCUT2D eigenvalue weighted by Gasteiger charge is 2.43. The lowest BCUT2D eigenvalue weighted by Crippen LogP contribution is -2.32. The first kappa shape index (κ1) is 11.5. The molecule has 0 unspecified atom stereocenters. The Morgan fingerprint density at radius 2 is 1.94 bits per heavy atom. The van der Waals surface area contributed by atoms with E-state index in [1.54, 1.807) is 11.8 Å². The number of aliphatic carboxylic acids is 1. The minimum Gasteiger partial charge on any atom is -0.481 e. The van der Waals surface area contributed by atoms with Gasteiger partial charge in [-0.2, -0.15) is 11.8 Å². The molecule has 1 aromatic rings. The molecule has 0 bridgehead atoms. The van der Waals surface area contributed by atoms with Crippen molar-refractivity contribution < 1.29 is 9.90 Å². The van der Waals surface area contributed by atoms with Crippen molar-refractivity contribution in [3.8, 4) is 0 Å². The van der Waals surface area contributed by atoms with E-state index in [0.29, 0.717) is 12.8 Å². The second-order valence-electron chi connectivity index (χ2n) is 4.45. The summed E-state index contributed by atoms with van der Waals surface area (Å²) in [6, 6.07) is 8.09. The topological polar surface area (TPSA) is 37.3 Å². The molecule has 0 aromatic heterocycles. The second kappa shape index (κ2) is 4.50. The van der Waals surface area contributed by atoms with Gasteiger partial charge in [0, 0.05) is 0 Å². The van der Waals surface area contributed by atoms with Crippen LogP contribution >= 0.6 is 11.8 Å². The van der Waals surface area contributed by atoms with Gasteiger partial charge in [0.15, 0.2) is 0 Å². The Labute approximate surface area is 100 Å². The van der Waals surface area contributed by atoms with E-state index in [1.807, 2.05) is 18.4 Å². The zero-order valence-corrected chi connectivity index (χ0v) is 10.2. The molecule has 3 heteroatoms. The first-order valence-corrected chi connectivity index (χ1v) is 6.86. The van der Waals surface area contributed by atoms with Crippen molar-refractivity contribution in [1.82, 2.24) is 0 Å². The molecule has 0 spiro atoms. The predicted octanol–water partition coefficient (Wildman–Crippen LogP) is 2.61. The number of carboxylic acid groups (broad SMARTS) is 1. The van der Waals surface area contributed by atoms with Gasteiger partial charge < -0.3 is 5.11 Å². The highest BCUT2D eigenvalue weighted by Crippen LogP contribution is 2.40. The fraction of sp³-hybridized carbons (Fsp3) is 0.462. The second-order valence-corrected chi connectivity index (χ2v) is 5.44. The quantitative estimate of drug-likeness (QED) is 0.873. The third-order valence-corrected chi connectivity index (χ3v) is 4.03. The van der Waals surface area contributed by atoms with Crippen LogP contribution in [0.5, 0.6) is 0 Å². The minimum atomic E-state index is -0.641. The summed E-state index contributed by atoms with van der Waals surface area (Å²) in [7, 11) is 0. The molecule has 86 valence electrons. The molecule has 1 aliphatic rings. The van der Waals surface area contributed by atoms with Gasteiger partial charge in [-0.25, -0.2) is 0 Å². The number of carbonyl (C=O) groups is 1. The molecular weight excluding hydrogens is 220 g/mol. The average Bonchev–Trinajstić information content (AvgIpc) is 2.66. The Balaban J connectivity index is 2.24. The van der Waals surface area contributed by atoms with E-state index in [0.717, 1.165) is 12.2 Å². The lowest BCUT2D eigenvalue weighted by Gasteiger charge is -2.23. The maximum atomic E-state index is 11.5. The first-order valence-electron chi connectivity index (χ1n) is 5.47. The van der Waals surface area contributed by atoms with Crippen molar-refractivity contribution in [1.29, 1.82) is 0 Å². The fourth-order valence-corrected chi connectivity index (χ4v) is 3.02. The van der Waals surface area contributed by atoms with Gasteiger partial charge >= 0.3 is 5.97 Å². The molecule has 1 aromatic carbocycles. The van der Waals surface area contributed by atoms with Crippen LogP contribution in [-0.4, -0.2) is 23.1 Å². The Bertz CT molecular complexity index is 376. The molecule has 0 heterocycles. The van der Waals surface area contributed by atoms with E-state index in [-0.39, 0.29) is 0 Å². The molecule has 16 heavy (non-hydrogen) atoms. The Kier molecular flexibility index (Phi) is 3.24. The number of carboxylic acids is 1. The molecule has 0 saturated carbocycles. The number of rotatable bonds is 4. The van der Waals surface area contributed by atoms with Crippen molar-refractivity contribution in [3.05, 3.63) is 35.4 Å². The van der Waals surface area contributed by atoms with E-state index in [4.69, 9.17) is 0 Å². The molecule has 2 rings (SSSR count). The molecule has 0 saturated heterocycles. The fourth-order valence-electron chi connectivity index (χ4n) is 2.43. The van der Waals surface area contributed by atoms with Crippen LogP contribution in [0.15, 0.2) is 24.3 Å². The normalized spacial score (nSPS) is 17.1. The molecule has 0 atom stereocenters. The molecule has 0 radical (unpaired) electrons. The van der Waals surface area contributed by atoms with Gasteiger partial charge in [-0.05, 0) is 42.4 Å². The summed E-state index contributed by atoms with van der Waals surface area (Å²) in [5.74, 6) is 0.276. The standard InChI is InChI=1S/C13H16O2S/c1-16-7-6-13(12(14)15)8-10-4-2-3-5-11(10)9-13/h2-5H,6-9H2,1H3,(H,14,15). The first-order chi connectivity index (χ1) is 7.68. The number of thioether (sulfide) groups is 1. The Hall–Kier alpha value is -0.960. The summed E-state index contributed by atoms with van der Waals surface area (Å²) in [5, 5.41) is 9.45. The van der Waals surface area contributed by atoms with Crippen LogP contribution in [0.1, 0.15) is 17.5 Å². The molecule has 0 fully saturated rings. The molecular formula is C13H16O2S. The van der Waals surface area contributed by atoms with Crippen LogP contribution in [-0.2, 0) is 17.6 Å². The smallest absolute Gasteiger partial charge is 0.310 e. The number of benzene rings is 1. The van der Waals surface area contributed by atoms with Crippen LogP contribution in [0.2, 0.25) is 0 Å². The molecule has 1 aliphatic carbocycles. The Morgan fingerprint density at radius 3 is 2.38 bits per heavy atom.